The number of Topliss-reactive ketones (excluding diaryl/α,β-unsaturated/α-hetero) is 1. The van der Waals surface area contributed by atoms with Gasteiger partial charge in [0.15, 0.2) is 5.78 Å². The summed E-state index contributed by atoms with van der Waals surface area (Å²) < 4.78 is 4.81. The van der Waals surface area contributed by atoms with Crippen LogP contribution in [0.4, 0.5) is 0 Å². The quantitative estimate of drug-likeness (QED) is 0.674. The van der Waals surface area contributed by atoms with Crippen LogP contribution in [0.5, 0.6) is 0 Å². The Balaban J connectivity index is 2.70. The highest BCUT2D eigenvalue weighted by molar-refractivity contribution is 6.06. The topological polar surface area (TPSA) is 76.2 Å². The van der Waals surface area contributed by atoms with Gasteiger partial charge in [0.25, 0.3) is 0 Å². The molecule has 0 radical (unpaired) electrons. The lowest BCUT2D eigenvalue weighted by atomic mass is 10.1. The number of pyridine rings is 1. The molecule has 0 spiro atoms. The number of aromatic amines is 1. The monoisotopic (exact) mass is 259 g/mol. The van der Waals surface area contributed by atoms with Crippen molar-refractivity contribution in [2.45, 2.75) is 13.8 Å². The largest absolute Gasteiger partial charge is 0.462 e. The summed E-state index contributed by atoms with van der Waals surface area (Å²) in [6.07, 6.45) is 1.29. The lowest BCUT2D eigenvalue weighted by molar-refractivity contribution is 0.0524. The van der Waals surface area contributed by atoms with Gasteiger partial charge >= 0.3 is 5.97 Å². The van der Waals surface area contributed by atoms with Crippen molar-refractivity contribution in [1.82, 2.24) is 4.98 Å². The van der Waals surface area contributed by atoms with E-state index in [1.165, 1.54) is 13.1 Å². The number of carbonyl (C=O) groups excluding carboxylic acids is 2. The molecule has 2 rings (SSSR count). The first-order valence-corrected chi connectivity index (χ1v) is 5.88. The average Bonchev–Trinajstić information content (AvgIpc) is 2.38. The number of H-pyrrole nitrogens is 1. The van der Waals surface area contributed by atoms with Crippen LogP contribution in [0.3, 0.4) is 0 Å². The number of aromatic nitrogens is 1. The van der Waals surface area contributed by atoms with Crippen LogP contribution in [-0.4, -0.2) is 23.3 Å². The molecular formula is C14H13NO4. The molecule has 98 valence electrons. The predicted molar refractivity (Wildman–Crippen MR) is 70.5 cm³/mol. The Morgan fingerprint density at radius 1 is 1.26 bits per heavy atom. The van der Waals surface area contributed by atoms with Crippen LogP contribution in [0, 0.1) is 0 Å². The minimum absolute atomic E-state index is 0.0601. The second-order valence-corrected chi connectivity index (χ2v) is 4.04. The summed E-state index contributed by atoms with van der Waals surface area (Å²) in [6, 6.07) is 4.82. The molecule has 0 aliphatic rings. The Hall–Kier alpha value is -2.43. The molecule has 0 aliphatic carbocycles. The van der Waals surface area contributed by atoms with Crippen LogP contribution in [-0.2, 0) is 4.74 Å². The Kier molecular flexibility index (Phi) is 3.46. The van der Waals surface area contributed by atoms with Gasteiger partial charge in [0.1, 0.15) is 5.56 Å². The predicted octanol–water partition coefficient (Wildman–Crippen LogP) is 1.91. The van der Waals surface area contributed by atoms with Gasteiger partial charge in [-0.3, -0.25) is 9.59 Å². The second kappa shape index (κ2) is 5.06. The zero-order valence-electron chi connectivity index (χ0n) is 10.6. The molecule has 0 aliphatic heterocycles. The van der Waals surface area contributed by atoms with Crippen molar-refractivity contribution in [3.63, 3.8) is 0 Å². The molecule has 5 heteroatoms. The van der Waals surface area contributed by atoms with E-state index in [2.05, 4.69) is 4.98 Å². The first-order valence-electron chi connectivity index (χ1n) is 5.88. The van der Waals surface area contributed by atoms with Gasteiger partial charge in [0.05, 0.1) is 12.1 Å². The second-order valence-electron chi connectivity index (χ2n) is 4.04. The third-order valence-corrected chi connectivity index (χ3v) is 2.79. The number of nitrogens with one attached hydrogen (secondary N) is 1. The fraction of sp³-hybridized carbons (Fsp3) is 0.214. The number of esters is 1. The van der Waals surface area contributed by atoms with Crippen molar-refractivity contribution in [3.05, 3.63) is 45.7 Å². The number of hydrogen-bond donors (Lipinski definition) is 1. The van der Waals surface area contributed by atoms with E-state index in [1.54, 1.807) is 25.1 Å². The number of rotatable bonds is 3. The third kappa shape index (κ3) is 2.27. The fourth-order valence-electron chi connectivity index (χ4n) is 1.91. The highest BCUT2D eigenvalue weighted by Gasteiger charge is 2.15. The van der Waals surface area contributed by atoms with Gasteiger partial charge in [-0.1, -0.05) is 6.07 Å². The van der Waals surface area contributed by atoms with Gasteiger partial charge in [-0.2, -0.15) is 0 Å². The fourth-order valence-corrected chi connectivity index (χ4v) is 1.91. The number of fused-ring (bicyclic) bond motifs is 1. The van der Waals surface area contributed by atoms with Crippen LogP contribution >= 0.6 is 0 Å². The van der Waals surface area contributed by atoms with Gasteiger partial charge in [-0.25, -0.2) is 4.79 Å². The summed E-state index contributed by atoms with van der Waals surface area (Å²) in [4.78, 5) is 38.1. The number of para-hydroxylation sites is 1. The van der Waals surface area contributed by atoms with Crippen molar-refractivity contribution in [2.24, 2.45) is 0 Å². The molecule has 0 saturated heterocycles. The number of hydrogen-bond acceptors (Lipinski definition) is 4. The molecule has 0 unspecified atom stereocenters. The van der Waals surface area contributed by atoms with Crippen molar-refractivity contribution in [3.8, 4) is 0 Å². The maximum Gasteiger partial charge on any atom is 0.343 e. The Morgan fingerprint density at radius 2 is 2.00 bits per heavy atom. The Morgan fingerprint density at radius 3 is 2.63 bits per heavy atom. The molecular weight excluding hydrogens is 246 g/mol. The number of benzene rings is 1. The molecule has 1 heterocycles. The summed E-state index contributed by atoms with van der Waals surface area (Å²) in [5.74, 6) is -0.816. The van der Waals surface area contributed by atoms with E-state index in [0.29, 0.717) is 16.5 Å². The van der Waals surface area contributed by atoms with E-state index < -0.39 is 11.4 Å². The molecule has 0 atom stereocenters. The smallest absolute Gasteiger partial charge is 0.343 e. The molecule has 1 aromatic heterocycles. The van der Waals surface area contributed by atoms with E-state index in [4.69, 9.17) is 4.74 Å². The van der Waals surface area contributed by atoms with Crippen molar-refractivity contribution in [1.29, 1.82) is 0 Å². The molecule has 2 aromatic rings. The summed E-state index contributed by atoms with van der Waals surface area (Å²) >= 11 is 0. The third-order valence-electron chi connectivity index (χ3n) is 2.79. The standard InChI is InChI=1S/C14H13NO4/c1-3-19-14(18)11-7-15-12-9(8(2)16)5-4-6-10(12)13(11)17/h4-7H,3H2,1-2H3,(H,15,17). The summed E-state index contributed by atoms with van der Waals surface area (Å²) in [6.45, 7) is 3.29. The summed E-state index contributed by atoms with van der Waals surface area (Å²) in [7, 11) is 0. The first kappa shape index (κ1) is 13.0. The van der Waals surface area contributed by atoms with Gasteiger partial charge in [0, 0.05) is 17.1 Å². The zero-order valence-corrected chi connectivity index (χ0v) is 10.6. The summed E-state index contributed by atoms with van der Waals surface area (Å²) in [5.41, 5.74) is 0.364. The van der Waals surface area contributed by atoms with E-state index in [1.807, 2.05) is 0 Å². The lowest BCUT2D eigenvalue weighted by Crippen LogP contribution is -2.18. The van der Waals surface area contributed by atoms with Crippen molar-refractivity contribution >= 4 is 22.7 Å². The first-order chi connectivity index (χ1) is 9.06. The Bertz CT molecular complexity index is 715. The summed E-state index contributed by atoms with van der Waals surface area (Å²) in [5, 5.41) is 0.304. The van der Waals surface area contributed by atoms with Gasteiger partial charge < -0.3 is 9.72 Å². The van der Waals surface area contributed by atoms with Crippen LogP contribution < -0.4 is 5.43 Å². The molecule has 0 amide bonds. The molecule has 5 nitrogen and oxygen atoms in total. The van der Waals surface area contributed by atoms with Gasteiger partial charge in [0.2, 0.25) is 5.43 Å². The molecule has 0 fully saturated rings. The molecule has 19 heavy (non-hydrogen) atoms. The van der Waals surface area contributed by atoms with Crippen molar-refractivity contribution < 1.29 is 14.3 Å². The number of ketones is 1. The van der Waals surface area contributed by atoms with Crippen LogP contribution in [0.25, 0.3) is 10.9 Å². The van der Waals surface area contributed by atoms with Gasteiger partial charge in [-0.05, 0) is 26.0 Å². The van der Waals surface area contributed by atoms with E-state index >= 15 is 0 Å². The Labute approximate surface area is 109 Å². The molecule has 1 aromatic carbocycles. The van der Waals surface area contributed by atoms with E-state index in [9.17, 15) is 14.4 Å². The van der Waals surface area contributed by atoms with Crippen LogP contribution in [0.1, 0.15) is 34.6 Å². The maximum atomic E-state index is 12.2. The van der Waals surface area contributed by atoms with E-state index in [0.717, 1.165) is 0 Å². The minimum atomic E-state index is -0.668. The SMILES string of the molecule is CCOC(=O)c1c[nH]c2c(C(C)=O)cccc2c1=O. The van der Waals surface area contributed by atoms with E-state index in [-0.39, 0.29) is 18.0 Å². The van der Waals surface area contributed by atoms with Gasteiger partial charge in [-0.15, -0.1) is 0 Å². The van der Waals surface area contributed by atoms with Crippen LogP contribution in [0.15, 0.2) is 29.2 Å². The normalized spacial score (nSPS) is 10.4. The highest BCUT2D eigenvalue weighted by Crippen LogP contribution is 2.14. The molecule has 0 saturated carbocycles. The maximum absolute atomic E-state index is 12.2. The molecule has 0 bridgehead atoms. The minimum Gasteiger partial charge on any atom is -0.462 e. The number of carbonyl (C=O) groups is 2. The number of ether oxygens (including phenoxy) is 1. The average molecular weight is 259 g/mol. The zero-order chi connectivity index (χ0) is 14.0. The lowest BCUT2D eigenvalue weighted by Gasteiger charge is -2.05. The molecule has 1 N–H and O–H groups in total. The van der Waals surface area contributed by atoms with Crippen molar-refractivity contribution in [2.75, 3.05) is 6.61 Å². The highest BCUT2D eigenvalue weighted by atomic mass is 16.5. The van der Waals surface area contributed by atoms with Crippen LogP contribution in [0.2, 0.25) is 0 Å².